The van der Waals surface area contributed by atoms with Crippen molar-refractivity contribution in [1.29, 1.82) is 5.26 Å². The van der Waals surface area contributed by atoms with E-state index in [1.54, 1.807) is 6.92 Å². The van der Waals surface area contributed by atoms with Crippen molar-refractivity contribution >= 4 is 21.8 Å². The molecule has 2 heterocycles. The zero-order valence-electron chi connectivity index (χ0n) is 15.1. The number of rotatable bonds is 5. The monoisotopic (exact) mass is 481 g/mol. The largest absolute Gasteiger partial charge is 0.573 e. The van der Waals surface area contributed by atoms with E-state index in [9.17, 15) is 18.0 Å². The number of carbonyl (C=O) groups is 1. The van der Waals surface area contributed by atoms with Crippen LogP contribution in [0.25, 0.3) is 5.82 Å². The molecule has 0 saturated carbocycles. The second kappa shape index (κ2) is 8.46. The van der Waals surface area contributed by atoms with E-state index in [0.29, 0.717) is 0 Å². The summed E-state index contributed by atoms with van der Waals surface area (Å²) in [5.41, 5.74) is 0.0554. The maximum Gasteiger partial charge on any atom is 0.573 e. The van der Waals surface area contributed by atoms with Gasteiger partial charge in [0, 0.05) is 16.1 Å². The number of carbonyl (C=O) groups excluding carboxylic acids is 1. The van der Waals surface area contributed by atoms with Crippen LogP contribution in [0.1, 0.15) is 34.8 Å². The highest BCUT2D eigenvalue weighted by Gasteiger charge is 2.31. The summed E-state index contributed by atoms with van der Waals surface area (Å²) < 4.78 is 42.8. The molecule has 3 rings (SSSR count). The molecular formula is C17H11BrF3N7O2. The molecule has 13 heteroatoms. The Balaban J connectivity index is 1.82. The maximum absolute atomic E-state index is 12.6. The lowest BCUT2D eigenvalue weighted by atomic mass is 10.2. The van der Waals surface area contributed by atoms with Crippen LogP contribution in [0.5, 0.6) is 5.75 Å². The van der Waals surface area contributed by atoms with Crippen LogP contribution < -0.4 is 10.1 Å². The van der Waals surface area contributed by atoms with E-state index in [2.05, 4.69) is 46.0 Å². The summed E-state index contributed by atoms with van der Waals surface area (Å²) in [4.78, 5) is 24.5. The number of nitriles is 1. The number of aromatic nitrogens is 5. The maximum atomic E-state index is 12.6. The summed E-state index contributed by atoms with van der Waals surface area (Å²) in [6, 6.07) is 5.97. The number of halogens is 4. The van der Waals surface area contributed by atoms with Gasteiger partial charge in [-0.25, -0.2) is 15.0 Å². The van der Waals surface area contributed by atoms with Crippen LogP contribution in [-0.2, 0) is 0 Å². The molecule has 0 fully saturated rings. The van der Waals surface area contributed by atoms with Crippen LogP contribution in [0.15, 0.2) is 41.4 Å². The molecular weight excluding hydrogens is 471 g/mol. The number of nitrogens with zero attached hydrogens (tertiary/aromatic N) is 6. The number of hydrogen-bond donors (Lipinski definition) is 1. The van der Waals surface area contributed by atoms with Gasteiger partial charge in [0.05, 0.1) is 6.04 Å². The number of alkyl halides is 3. The van der Waals surface area contributed by atoms with Crippen molar-refractivity contribution in [2.75, 3.05) is 0 Å². The van der Waals surface area contributed by atoms with Gasteiger partial charge in [0.15, 0.2) is 11.6 Å². The Labute approximate surface area is 175 Å². The zero-order valence-corrected chi connectivity index (χ0v) is 16.6. The molecule has 1 N–H and O–H groups in total. The molecule has 0 saturated heterocycles. The standard InChI is InChI=1S/C17H11BrF3N7O2/c1-9(15-25-8-26-28(15)14-5-12(6-22)23-7-24-14)27-16(29)10-2-11(18)4-13(3-10)30-17(19,20)21/h2-5,7-9H,1H3,(H,27,29)/t9-/m0/s1. The number of hydrogen-bond acceptors (Lipinski definition) is 7. The second-order valence-corrected chi connectivity index (χ2v) is 6.74. The van der Waals surface area contributed by atoms with Gasteiger partial charge in [-0.1, -0.05) is 15.9 Å². The van der Waals surface area contributed by atoms with Gasteiger partial charge < -0.3 is 10.1 Å². The average molecular weight is 482 g/mol. The van der Waals surface area contributed by atoms with Crippen molar-refractivity contribution in [2.24, 2.45) is 0 Å². The second-order valence-electron chi connectivity index (χ2n) is 5.82. The summed E-state index contributed by atoms with van der Waals surface area (Å²) in [5.74, 6) is -0.653. The van der Waals surface area contributed by atoms with E-state index >= 15 is 0 Å². The fourth-order valence-electron chi connectivity index (χ4n) is 2.48. The Kier molecular flexibility index (Phi) is 5.97. The summed E-state index contributed by atoms with van der Waals surface area (Å²) in [7, 11) is 0. The van der Waals surface area contributed by atoms with Crippen LogP contribution >= 0.6 is 15.9 Å². The lowest BCUT2D eigenvalue weighted by molar-refractivity contribution is -0.274. The molecule has 154 valence electrons. The van der Waals surface area contributed by atoms with E-state index in [1.165, 1.54) is 29.5 Å². The van der Waals surface area contributed by atoms with E-state index < -0.39 is 24.1 Å². The number of benzene rings is 1. The van der Waals surface area contributed by atoms with Crippen molar-refractivity contribution in [1.82, 2.24) is 30.0 Å². The number of nitrogens with one attached hydrogen (secondary N) is 1. The molecule has 0 unspecified atom stereocenters. The zero-order chi connectivity index (χ0) is 21.9. The van der Waals surface area contributed by atoms with Crippen LogP contribution in [-0.4, -0.2) is 37.0 Å². The molecule has 2 aromatic heterocycles. The van der Waals surface area contributed by atoms with Gasteiger partial charge in [-0.05, 0) is 25.1 Å². The molecule has 0 aliphatic rings. The van der Waals surface area contributed by atoms with Gasteiger partial charge in [0.2, 0.25) is 0 Å². The van der Waals surface area contributed by atoms with Crippen molar-refractivity contribution in [2.45, 2.75) is 19.3 Å². The molecule has 3 aromatic rings. The molecule has 0 spiro atoms. The van der Waals surface area contributed by atoms with Crippen molar-refractivity contribution in [3.63, 3.8) is 0 Å². The van der Waals surface area contributed by atoms with Gasteiger partial charge in [-0.2, -0.15) is 15.0 Å². The molecule has 1 aromatic carbocycles. The smallest absolute Gasteiger partial charge is 0.406 e. The Hall–Kier alpha value is -3.53. The third-order valence-corrected chi connectivity index (χ3v) is 4.12. The Morgan fingerprint density at radius 1 is 1.23 bits per heavy atom. The molecule has 1 amide bonds. The minimum absolute atomic E-state index is 0.0599. The Bertz CT molecular complexity index is 1130. The third-order valence-electron chi connectivity index (χ3n) is 3.66. The summed E-state index contributed by atoms with van der Waals surface area (Å²) in [5, 5.41) is 15.6. The minimum atomic E-state index is -4.89. The first kappa shape index (κ1) is 21.2. The van der Waals surface area contributed by atoms with Crippen LogP contribution in [0, 0.1) is 11.3 Å². The first-order chi connectivity index (χ1) is 14.2. The lowest BCUT2D eigenvalue weighted by Crippen LogP contribution is -2.29. The first-order valence-corrected chi connectivity index (χ1v) is 8.95. The van der Waals surface area contributed by atoms with E-state index in [-0.39, 0.29) is 27.4 Å². The quantitative estimate of drug-likeness (QED) is 0.594. The van der Waals surface area contributed by atoms with Gasteiger partial charge >= 0.3 is 6.36 Å². The normalized spacial score (nSPS) is 12.1. The first-order valence-electron chi connectivity index (χ1n) is 8.16. The molecule has 30 heavy (non-hydrogen) atoms. The fourth-order valence-corrected chi connectivity index (χ4v) is 2.95. The van der Waals surface area contributed by atoms with Gasteiger partial charge in [-0.3, -0.25) is 4.79 Å². The van der Waals surface area contributed by atoms with Crippen LogP contribution in [0.2, 0.25) is 0 Å². The Morgan fingerprint density at radius 3 is 2.70 bits per heavy atom. The highest BCUT2D eigenvalue weighted by molar-refractivity contribution is 9.10. The van der Waals surface area contributed by atoms with E-state index in [4.69, 9.17) is 5.26 Å². The van der Waals surface area contributed by atoms with Crippen LogP contribution in [0.3, 0.4) is 0 Å². The average Bonchev–Trinajstić information content (AvgIpc) is 3.16. The molecule has 0 aliphatic carbocycles. The van der Waals surface area contributed by atoms with Crippen molar-refractivity contribution in [3.05, 3.63) is 58.5 Å². The highest BCUT2D eigenvalue weighted by Crippen LogP contribution is 2.27. The molecule has 0 radical (unpaired) electrons. The third kappa shape index (κ3) is 5.09. The number of amides is 1. The fraction of sp³-hybridized carbons (Fsp3) is 0.176. The summed E-state index contributed by atoms with van der Waals surface area (Å²) in [6.45, 7) is 1.61. The SMILES string of the molecule is C[C@H](NC(=O)c1cc(Br)cc(OC(F)(F)F)c1)c1ncnn1-c1cc(C#N)ncn1. The van der Waals surface area contributed by atoms with Crippen molar-refractivity contribution in [3.8, 4) is 17.6 Å². The summed E-state index contributed by atoms with van der Waals surface area (Å²) >= 11 is 3.06. The molecule has 9 nitrogen and oxygen atoms in total. The molecule has 0 bridgehead atoms. The predicted molar refractivity (Wildman–Crippen MR) is 98.4 cm³/mol. The molecule has 0 aliphatic heterocycles. The summed E-state index contributed by atoms with van der Waals surface area (Å²) in [6.07, 6.45) is -2.47. The lowest BCUT2D eigenvalue weighted by Gasteiger charge is -2.15. The number of ether oxygens (including phenoxy) is 1. The van der Waals surface area contributed by atoms with E-state index in [0.717, 1.165) is 12.1 Å². The van der Waals surface area contributed by atoms with Gasteiger partial charge in [0.25, 0.3) is 5.91 Å². The van der Waals surface area contributed by atoms with E-state index in [1.807, 2.05) is 6.07 Å². The van der Waals surface area contributed by atoms with Crippen LogP contribution in [0.4, 0.5) is 13.2 Å². The highest BCUT2D eigenvalue weighted by atomic mass is 79.9. The molecule has 1 atom stereocenters. The minimum Gasteiger partial charge on any atom is -0.406 e. The predicted octanol–water partition coefficient (Wildman–Crippen LogP) is 3.08. The van der Waals surface area contributed by atoms with Crippen molar-refractivity contribution < 1.29 is 22.7 Å². The van der Waals surface area contributed by atoms with Gasteiger partial charge in [0.1, 0.15) is 30.2 Å². The Morgan fingerprint density at radius 2 is 2.00 bits per heavy atom. The topological polar surface area (TPSA) is 119 Å². The van der Waals surface area contributed by atoms with Gasteiger partial charge in [-0.15, -0.1) is 13.2 Å².